The fourth-order valence-corrected chi connectivity index (χ4v) is 0.878. The van der Waals surface area contributed by atoms with Crippen LogP contribution in [0.25, 0.3) is 0 Å². The first kappa shape index (κ1) is 13.7. The predicted molar refractivity (Wildman–Crippen MR) is 46.0 cm³/mol. The van der Waals surface area contributed by atoms with Crippen LogP contribution in [0.1, 0.15) is 13.3 Å². The van der Waals surface area contributed by atoms with Crippen LogP contribution < -0.4 is 5.32 Å². The van der Waals surface area contributed by atoms with Crippen LogP contribution in [0.5, 0.6) is 0 Å². The van der Waals surface area contributed by atoms with Crippen molar-refractivity contribution in [1.82, 2.24) is 5.32 Å². The van der Waals surface area contributed by atoms with E-state index in [0.717, 1.165) is 0 Å². The van der Waals surface area contributed by atoms with Crippen molar-refractivity contribution in [1.29, 1.82) is 0 Å². The highest BCUT2D eigenvalue weighted by molar-refractivity contribution is 4.62. The molecule has 86 valence electrons. The van der Waals surface area contributed by atoms with Crippen LogP contribution in [-0.4, -0.2) is 43.7 Å². The number of hydrogen-bond donors (Lipinski definition) is 2. The van der Waals surface area contributed by atoms with Crippen LogP contribution in [0.3, 0.4) is 0 Å². The van der Waals surface area contributed by atoms with Gasteiger partial charge in [0.05, 0.1) is 32.3 Å². The van der Waals surface area contributed by atoms with Crippen molar-refractivity contribution < 1.29 is 23.0 Å². The zero-order chi connectivity index (χ0) is 11.0. The molecule has 0 aliphatic heterocycles. The minimum Gasteiger partial charge on any atom is -0.395 e. The number of rotatable bonds is 7. The lowest BCUT2D eigenvalue weighted by Crippen LogP contribution is -2.36. The Labute approximate surface area is 81.2 Å². The molecule has 0 aliphatic carbocycles. The fourth-order valence-electron chi connectivity index (χ4n) is 0.878. The Balaban J connectivity index is 3.42. The zero-order valence-electron chi connectivity index (χ0n) is 8.10. The van der Waals surface area contributed by atoms with Gasteiger partial charge >= 0.3 is 6.18 Å². The number of alkyl halides is 3. The molecule has 1 unspecified atom stereocenters. The van der Waals surface area contributed by atoms with E-state index in [2.05, 4.69) is 5.32 Å². The Hall–Kier alpha value is -0.330. The quantitative estimate of drug-likeness (QED) is 0.621. The van der Waals surface area contributed by atoms with Crippen LogP contribution in [-0.2, 0) is 4.74 Å². The third-order valence-corrected chi connectivity index (χ3v) is 1.56. The molecule has 0 aromatic heterocycles. The lowest BCUT2D eigenvalue weighted by Gasteiger charge is -2.15. The molecule has 1 atom stereocenters. The minimum absolute atomic E-state index is 0.0976. The average molecular weight is 215 g/mol. The summed E-state index contributed by atoms with van der Waals surface area (Å²) in [6.45, 7) is 2.10. The van der Waals surface area contributed by atoms with E-state index in [4.69, 9.17) is 9.84 Å². The van der Waals surface area contributed by atoms with Crippen molar-refractivity contribution in [2.45, 2.75) is 25.6 Å². The maximum Gasteiger partial charge on any atom is 0.391 e. The highest BCUT2D eigenvalue weighted by Crippen LogP contribution is 2.18. The fraction of sp³-hybridized carbons (Fsp3) is 1.00. The molecule has 6 heteroatoms. The molecule has 0 saturated carbocycles. The number of aliphatic hydroxyl groups is 1. The van der Waals surface area contributed by atoms with E-state index in [-0.39, 0.29) is 25.9 Å². The van der Waals surface area contributed by atoms with E-state index in [9.17, 15) is 13.2 Å². The third-order valence-electron chi connectivity index (χ3n) is 1.56. The van der Waals surface area contributed by atoms with Gasteiger partial charge in [-0.05, 0) is 6.54 Å². The van der Waals surface area contributed by atoms with Gasteiger partial charge in [0.1, 0.15) is 0 Å². The van der Waals surface area contributed by atoms with E-state index in [1.807, 2.05) is 6.92 Å². The number of likely N-dealkylation sites (N-methyl/N-ethyl adjacent to an activating group) is 1. The maximum atomic E-state index is 11.7. The molecule has 0 radical (unpaired) electrons. The molecule has 0 fully saturated rings. The summed E-state index contributed by atoms with van der Waals surface area (Å²) >= 11 is 0. The molecule has 0 aliphatic rings. The summed E-state index contributed by atoms with van der Waals surface area (Å²) in [6.07, 6.45) is -5.12. The summed E-state index contributed by atoms with van der Waals surface area (Å²) in [5, 5.41) is 11.6. The highest BCUT2D eigenvalue weighted by atomic mass is 19.4. The smallest absolute Gasteiger partial charge is 0.391 e. The molecule has 0 spiro atoms. The Kier molecular flexibility index (Phi) is 6.86. The first-order valence-corrected chi connectivity index (χ1v) is 4.48. The number of nitrogens with one attached hydrogen (secondary N) is 1. The Morgan fingerprint density at radius 2 is 2.07 bits per heavy atom. The van der Waals surface area contributed by atoms with Crippen molar-refractivity contribution in [3.05, 3.63) is 0 Å². The number of ether oxygens (including phenoxy) is 1. The monoisotopic (exact) mass is 215 g/mol. The molecule has 0 aromatic rings. The number of halogens is 3. The minimum atomic E-state index is -4.17. The topological polar surface area (TPSA) is 41.5 Å². The summed E-state index contributed by atoms with van der Waals surface area (Å²) < 4.78 is 39.8. The molecule has 0 saturated heterocycles. The summed E-state index contributed by atoms with van der Waals surface area (Å²) in [5.74, 6) is 0. The first-order chi connectivity index (χ1) is 6.49. The van der Waals surface area contributed by atoms with Crippen LogP contribution >= 0.6 is 0 Å². The predicted octanol–water partition coefficient (Wildman–Crippen LogP) is 0.926. The normalized spacial score (nSPS) is 14.4. The summed E-state index contributed by atoms with van der Waals surface area (Å²) in [4.78, 5) is 0. The molecule has 0 aromatic carbocycles. The van der Waals surface area contributed by atoms with Gasteiger partial charge in [0.15, 0.2) is 0 Å². The van der Waals surface area contributed by atoms with Gasteiger partial charge < -0.3 is 15.2 Å². The van der Waals surface area contributed by atoms with E-state index in [1.165, 1.54) is 0 Å². The lowest BCUT2D eigenvalue weighted by atomic mass is 10.3. The molecule has 14 heavy (non-hydrogen) atoms. The van der Waals surface area contributed by atoms with E-state index < -0.39 is 12.6 Å². The maximum absolute atomic E-state index is 11.7. The van der Waals surface area contributed by atoms with Gasteiger partial charge in [-0.15, -0.1) is 0 Å². The lowest BCUT2D eigenvalue weighted by molar-refractivity contribution is -0.145. The van der Waals surface area contributed by atoms with Gasteiger partial charge in [0.25, 0.3) is 0 Å². The Morgan fingerprint density at radius 3 is 2.50 bits per heavy atom. The van der Waals surface area contributed by atoms with Crippen LogP contribution in [0.2, 0.25) is 0 Å². The summed E-state index contributed by atoms with van der Waals surface area (Å²) in [6, 6.07) is -0.284. The SMILES string of the molecule is CCNC(CO)COCCC(F)(F)F. The van der Waals surface area contributed by atoms with Crippen LogP contribution in [0.15, 0.2) is 0 Å². The van der Waals surface area contributed by atoms with E-state index in [1.54, 1.807) is 0 Å². The molecule has 3 nitrogen and oxygen atoms in total. The molecule has 0 heterocycles. The standard InChI is InChI=1S/C8H16F3NO2/c1-2-12-7(5-13)6-14-4-3-8(9,10)11/h7,12-13H,2-6H2,1H3. The second kappa shape index (κ2) is 7.03. The summed E-state index contributed by atoms with van der Waals surface area (Å²) in [7, 11) is 0. The third kappa shape index (κ3) is 8.28. The second-order valence-corrected chi connectivity index (χ2v) is 2.88. The van der Waals surface area contributed by atoms with Crippen LogP contribution in [0, 0.1) is 0 Å². The molecule has 0 rings (SSSR count). The van der Waals surface area contributed by atoms with Gasteiger partial charge in [-0.2, -0.15) is 13.2 Å². The summed E-state index contributed by atoms with van der Waals surface area (Å²) in [5.41, 5.74) is 0. The highest BCUT2D eigenvalue weighted by Gasteiger charge is 2.26. The molecular weight excluding hydrogens is 199 g/mol. The van der Waals surface area contributed by atoms with Crippen molar-refractivity contribution >= 4 is 0 Å². The van der Waals surface area contributed by atoms with Gasteiger partial charge in [0, 0.05) is 0 Å². The average Bonchev–Trinajstić information content (AvgIpc) is 2.08. The zero-order valence-corrected chi connectivity index (χ0v) is 8.10. The largest absolute Gasteiger partial charge is 0.395 e. The van der Waals surface area contributed by atoms with Crippen molar-refractivity contribution in [2.75, 3.05) is 26.4 Å². The molecule has 0 amide bonds. The molecular formula is C8H16F3NO2. The van der Waals surface area contributed by atoms with Crippen molar-refractivity contribution in [3.8, 4) is 0 Å². The number of aliphatic hydroxyl groups excluding tert-OH is 1. The van der Waals surface area contributed by atoms with Gasteiger partial charge in [-0.1, -0.05) is 6.92 Å². The van der Waals surface area contributed by atoms with Crippen molar-refractivity contribution in [2.24, 2.45) is 0 Å². The Morgan fingerprint density at radius 1 is 1.43 bits per heavy atom. The van der Waals surface area contributed by atoms with Crippen LogP contribution in [0.4, 0.5) is 13.2 Å². The first-order valence-electron chi connectivity index (χ1n) is 4.48. The van der Waals surface area contributed by atoms with E-state index >= 15 is 0 Å². The number of hydrogen-bond acceptors (Lipinski definition) is 3. The molecule has 0 bridgehead atoms. The van der Waals surface area contributed by atoms with Gasteiger partial charge in [-0.25, -0.2) is 0 Å². The van der Waals surface area contributed by atoms with E-state index in [0.29, 0.717) is 6.54 Å². The Bertz CT molecular complexity index is 141. The molecule has 2 N–H and O–H groups in total. The van der Waals surface area contributed by atoms with Gasteiger partial charge in [-0.3, -0.25) is 0 Å². The van der Waals surface area contributed by atoms with Gasteiger partial charge in [0.2, 0.25) is 0 Å². The van der Waals surface area contributed by atoms with Crippen molar-refractivity contribution in [3.63, 3.8) is 0 Å². The second-order valence-electron chi connectivity index (χ2n) is 2.88.